The first-order chi connectivity index (χ1) is 6.77. The zero-order valence-corrected chi connectivity index (χ0v) is 8.99. The van der Waals surface area contributed by atoms with Crippen molar-refractivity contribution in [1.82, 2.24) is 4.90 Å². The average molecular weight is 201 g/mol. The third kappa shape index (κ3) is 3.36. The van der Waals surface area contributed by atoms with E-state index in [9.17, 15) is 4.79 Å². The van der Waals surface area contributed by atoms with Crippen LogP contribution in [-0.2, 0) is 14.3 Å². The first-order valence-corrected chi connectivity index (χ1v) is 5.13. The lowest BCUT2D eigenvalue weighted by Crippen LogP contribution is -2.47. The topological polar surface area (TPSA) is 38.8 Å². The summed E-state index contributed by atoms with van der Waals surface area (Å²) in [6.45, 7) is 5.65. The second-order valence-electron chi connectivity index (χ2n) is 3.56. The Labute approximate surface area is 85.2 Å². The molecule has 4 nitrogen and oxygen atoms in total. The maximum Gasteiger partial charge on any atom is 0.188 e. The Morgan fingerprint density at radius 3 is 3.07 bits per heavy atom. The van der Waals surface area contributed by atoms with Crippen LogP contribution in [-0.4, -0.2) is 56.7 Å². The van der Waals surface area contributed by atoms with Crippen LogP contribution < -0.4 is 0 Å². The number of rotatable bonds is 5. The van der Waals surface area contributed by atoms with Gasteiger partial charge in [-0.1, -0.05) is 6.92 Å². The SMILES string of the molecule is CCCN1CCOC(C(=O)COC)C1. The van der Waals surface area contributed by atoms with Crippen molar-refractivity contribution in [3.8, 4) is 0 Å². The number of ketones is 1. The van der Waals surface area contributed by atoms with E-state index >= 15 is 0 Å². The van der Waals surface area contributed by atoms with Gasteiger partial charge in [0.15, 0.2) is 5.78 Å². The molecular weight excluding hydrogens is 182 g/mol. The van der Waals surface area contributed by atoms with Gasteiger partial charge in [-0.05, 0) is 13.0 Å². The highest BCUT2D eigenvalue weighted by atomic mass is 16.5. The summed E-state index contributed by atoms with van der Waals surface area (Å²) in [4.78, 5) is 13.7. The second-order valence-corrected chi connectivity index (χ2v) is 3.56. The van der Waals surface area contributed by atoms with Crippen molar-refractivity contribution in [1.29, 1.82) is 0 Å². The molecule has 0 N–H and O–H groups in total. The van der Waals surface area contributed by atoms with Crippen LogP contribution in [0.1, 0.15) is 13.3 Å². The summed E-state index contributed by atoms with van der Waals surface area (Å²) in [6.07, 6.45) is 0.834. The zero-order valence-electron chi connectivity index (χ0n) is 8.99. The molecule has 1 atom stereocenters. The van der Waals surface area contributed by atoms with Gasteiger partial charge in [0.2, 0.25) is 0 Å². The van der Waals surface area contributed by atoms with Gasteiger partial charge in [0.25, 0.3) is 0 Å². The average Bonchev–Trinajstić information content (AvgIpc) is 2.19. The molecule has 0 radical (unpaired) electrons. The molecule has 0 aromatic heterocycles. The fourth-order valence-electron chi connectivity index (χ4n) is 1.65. The molecule has 0 bridgehead atoms. The summed E-state index contributed by atoms with van der Waals surface area (Å²) < 4.78 is 10.2. The molecule has 1 rings (SSSR count). The van der Waals surface area contributed by atoms with Crippen LogP contribution in [0.15, 0.2) is 0 Å². The highest BCUT2D eigenvalue weighted by Gasteiger charge is 2.25. The predicted octanol–water partition coefficient (Wildman–Crippen LogP) is 0.313. The number of hydrogen-bond acceptors (Lipinski definition) is 4. The van der Waals surface area contributed by atoms with Gasteiger partial charge in [0.1, 0.15) is 12.7 Å². The van der Waals surface area contributed by atoms with Crippen molar-refractivity contribution in [2.75, 3.05) is 40.0 Å². The van der Waals surface area contributed by atoms with Crippen LogP contribution in [0.25, 0.3) is 0 Å². The lowest BCUT2D eigenvalue weighted by Gasteiger charge is -2.31. The van der Waals surface area contributed by atoms with Crippen molar-refractivity contribution in [2.45, 2.75) is 19.4 Å². The zero-order chi connectivity index (χ0) is 10.4. The molecule has 1 saturated heterocycles. The van der Waals surface area contributed by atoms with E-state index in [4.69, 9.17) is 9.47 Å². The van der Waals surface area contributed by atoms with Crippen LogP contribution in [0.5, 0.6) is 0 Å². The number of methoxy groups -OCH3 is 1. The Kier molecular flexibility index (Phi) is 5.07. The van der Waals surface area contributed by atoms with Gasteiger partial charge >= 0.3 is 0 Å². The van der Waals surface area contributed by atoms with E-state index in [1.807, 2.05) is 0 Å². The summed E-state index contributed by atoms with van der Waals surface area (Å²) in [5, 5.41) is 0. The second kappa shape index (κ2) is 6.11. The standard InChI is InChI=1S/C10H19NO3/c1-3-4-11-5-6-14-10(7-11)9(12)8-13-2/h10H,3-8H2,1-2H3. The molecule has 14 heavy (non-hydrogen) atoms. The number of hydrogen-bond donors (Lipinski definition) is 0. The molecule has 1 aliphatic rings. The van der Waals surface area contributed by atoms with Crippen molar-refractivity contribution in [3.05, 3.63) is 0 Å². The number of morpholine rings is 1. The minimum atomic E-state index is -0.282. The Morgan fingerprint density at radius 1 is 1.64 bits per heavy atom. The van der Waals surface area contributed by atoms with E-state index in [0.29, 0.717) is 6.61 Å². The third-order valence-electron chi connectivity index (χ3n) is 2.34. The minimum Gasteiger partial charge on any atom is -0.377 e. The molecule has 82 valence electrons. The van der Waals surface area contributed by atoms with Gasteiger partial charge in [-0.15, -0.1) is 0 Å². The molecule has 4 heteroatoms. The summed E-state index contributed by atoms with van der Waals surface area (Å²) >= 11 is 0. The quantitative estimate of drug-likeness (QED) is 0.642. The van der Waals surface area contributed by atoms with Gasteiger partial charge in [0.05, 0.1) is 6.61 Å². The Balaban J connectivity index is 2.35. The number of nitrogens with zero attached hydrogens (tertiary/aromatic N) is 1. The van der Waals surface area contributed by atoms with Crippen molar-refractivity contribution in [3.63, 3.8) is 0 Å². The number of carbonyl (C=O) groups is 1. The Bertz CT molecular complexity index is 182. The summed E-state index contributed by atoms with van der Waals surface area (Å²) in [6, 6.07) is 0. The monoisotopic (exact) mass is 201 g/mol. The summed E-state index contributed by atoms with van der Waals surface area (Å²) in [7, 11) is 1.53. The largest absolute Gasteiger partial charge is 0.377 e. The van der Waals surface area contributed by atoms with E-state index in [2.05, 4.69) is 11.8 Å². The Hall–Kier alpha value is -0.450. The smallest absolute Gasteiger partial charge is 0.188 e. The molecule has 1 heterocycles. The number of carbonyl (C=O) groups excluding carboxylic acids is 1. The van der Waals surface area contributed by atoms with Crippen molar-refractivity contribution < 1.29 is 14.3 Å². The molecule has 1 fully saturated rings. The maximum absolute atomic E-state index is 11.5. The Morgan fingerprint density at radius 2 is 2.43 bits per heavy atom. The van der Waals surface area contributed by atoms with Gasteiger partial charge in [-0.2, -0.15) is 0 Å². The molecular formula is C10H19NO3. The normalized spacial score (nSPS) is 23.7. The van der Waals surface area contributed by atoms with Gasteiger partial charge in [-0.3, -0.25) is 9.69 Å². The van der Waals surface area contributed by atoms with Crippen LogP contribution in [0.3, 0.4) is 0 Å². The maximum atomic E-state index is 11.5. The fraction of sp³-hybridized carbons (Fsp3) is 0.900. The molecule has 1 aliphatic heterocycles. The number of ether oxygens (including phenoxy) is 2. The van der Waals surface area contributed by atoms with E-state index in [1.54, 1.807) is 0 Å². The van der Waals surface area contributed by atoms with Crippen LogP contribution >= 0.6 is 0 Å². The first-order valence-electron chi connectivity index (χ1n) is 5.13. The molecule has 0 aromatic rings. The van der Waals surface area contributed by atoms with Gasteiger partial charge in [0, 0.05) is 20.2 Å². The highest BCUT2D eigenvalue weighted by Crippen LogP contribution is 2.06. The van der Waals surface area contributed by atoms with Crippen LogP contribution in [0.4, 0.5) is 0 Å². The van der Waals surface area contributed by atoms with Crippen LogP contribution in [0, 0.1) is 0 Å². The van der Waals surface area contributed by atoms with Crippen LogP contribution in [0.2, 0.25) is 0 Å². The summed E-state index contributed by atoms with van der Waals surface area (Å²) in [5.74, 6) is 0.0494. The lowest BCUT2D eigenvalue weighted by molar-refractivity contribution is -0.139. The van der Waals surface area contributed by atoms with E-state index in [-0.39, 0.29) is 18.5 Å². The first kappa shape index (κ1) is 11.6. The molecule has 0 spiro atoms. The van der Waals surface area contributed by atoms with E-state index in [1.165, 1.54) is 7.11 Å². The van der Waals surface area contributed by atoms with Gasteiger partial charge < -0.3 is 9.47 Å². The van der Waals surface area contributed by atoms with E-state index in [0.717, 1.165) is 26.1 Å². The van der Waals surface area contributed by atoms with Crippen molar-refractivity contribution in [2.24, 2.45) is 0 Å². The molecule has 0 amide bonds. The minimum absolute atomic E-state index is 0.0494. The fourth-order valence-corrected chi connectivity index (χ4v) is 1.65. The molecule has 0 aromatic carbocycles. The predicted molar refractivity (Wildman–Crippen MR) is 53.4 cm³/mol. The van der Waals surface area contributed by atoms with E-state index < -0.39 is 0 Å². The summed E-state index contributed by atoms with van der Waals surface area (Å²) in [5.41, 5.74) is 0. The molecule has 0 aliphatic carbocycles. The molecule has 0 saturated carbocycles. The molecule has 1 unspecified atom stereocenters. The van der Waals surface area contributed by atoms with Gasteiger partial charge in [-0.25, -0.2) is 0 Å². The third-order valence-corrected chi connectivity index (χ3v) is 2.34. The van der Waals surface area contributed by atoms with Crippen molar-refractivity contribution >= 4 is 5.78 Å². The lowest BCUT2D eigenvalue weighted by atomic mass is 10.2. The highest BCUT2D eigenvalue weighted by molar-refractivity contribution is 5.84. The number of Topliss-reactive ketones (excluding diaryl/α,β-unsaturated/α-hetero) is 1.